The van der Waals surface area contributed by atoms with Crippen LogP contribution in [0.3, 0.4) is 0 Å². The van der Waals surface area contributed by atoms with Gasteiger partial charge in [0.05, 0.1) is 26.4 Å². The number of phosphoric acid groups is 2. The summed E-state index contributed by atoms with van der Waals surface area (Å²) in [5.41, 5.74) is 0. The molecule has 0 rings (SSSR count). The minimum absolute atomic E-state index is 0.105. The van der Waals surface area contributed by atoms with E-state index in [4.69, 9.17) is 37.0 Å². The molecule has 0 aliphatic rings. The standard InChI is InChI=1S/C81H158O17P2/c1-7-10-12-14-16-18-20-22-24-26-27-28-30-32-34-36-41-45-53-59-65-80(85)97-76(69-91-78(83)63-57-51-44-40-35-33-31-29-25-23-21-19-17-15-13-11-8-2)71-95-99(87,88)93-67-75(82)68-94-100(89,90)96-72-77(70-92-79(84)64-58-52-48-47-49-55-61-73(4)5)98-81(86)66-60-54-46-42-38-37-39-43-50-56-62-74(6)9-3/h73-77,82H,7-72H2,1-6H3,(H,87,88)(H,89,90)/t74?,75-,76-,77-/m1/s1. The van der Waals surface area contributed by atoms with Gasteiger partial charge in [0.2, 0.25) is 0 Å². The van der Waals surface area contributed by atoms with Crippen LogP contribution in [-0.4, -0.2) is 96.7 Å². The summed E-state index contributed by atoms with van der Waals surface area (Å²) >= 11 is 0. The van der Waals surface area contributed by atoms with Gasteiger partial charge >= 0.3 is 39.5 Å². The number of esters is 4. The van der Waals surface area contributed by atoms with Gasteiger partial charge in [-0.05, 0) is 37.5 Å². The van der Waals surface area contributed by atoms with E-state index in [-0.39, 0.29) is 25.7 Å². The zero-order valence-corrected chi connectivity index (χ0v) is 67.3. The van der Waals surface area contributed by atoms with Gasteiger partial charge in [-0.2, -0.15) is 0 Å². The normalized spacial score (nSPS) is 14.2. The van der Waals surface area contributed by atoms with Crippen molar-refractivity contribution in [3.8, 4) is 0 Å². The quantitative estimate of drug-likeness (QED) is 0.0222. The first kappa shape index (κ1) is 98.1. The second kappa shape index (κ2) is 72.6. The van der Waals surface area contributed by atoms with E-state index in [0.717, 1.165) is 102 Å². The molecule has 3 unspecified atom stereocenters. The third-order valence-electron chi connectivity index (χ3n) is 19.3. The molecule has 0 radical (unpaired) electrons. The van der Waals surface area contributed by atoms with Crippen LogP contribution in [0.4, 0.5) is 0 Å². The van der Waals surface area contributed by atoms with Crippen LogP contribution in [0, 0.1) is 11.8 Å². The highest BCUT2D eigenvalue weighted by atomic mass is 31.2. The maximum absolute atomic E-state index is 13.1. The molecule has 0 heterocycles. The Balaban J connectivity index is 5.22. The van der Waals surface area contributed by atoms with E-state index in [2.05, 4.69) is 41.5 Å². The Bertz CT molecular complexity index is 1930. The number of aliphatic hydroxyl groups is 1. The first-order valence-corrected chi connectivity index (χ1v) is 45.0. The van der Waals surface area contributed by atoms with Crippen molar-refractivity contribution in [1.82, 2.24) is 0 Å². The number of aliphatic hydroxyl groups excluding tert-OH is 1. The van der Waals surface area contributed by atoms with Crippen LogP contribution in [0.15, 0.2) is 0 Å². The maximum Gasteiger partial charge on any atom is 0.472 e. The fourth-order valence-corrected chi connectivity index (χ4v) is 14.1. The number of hydrogen-bond donors (Lipinski definition) is 3. The van der Waals surface area contributed by atoms with Crippen molar-refractivity contribution in [2.45, 2.75) is 445 Å². The highest BCUT2D eigenvalue weighted by Gasteiger charge is 2.30. The summed E-state index contributed by atoms with van der Waals surface area (Å²) in [5.74, 6) is -0.629. The second-order valence-electron chi connectivity index (χ2n) is 29.9. The highest BCUT2D eigenvalue weighted by molar-refractivity contribution is 7.47. The Hall–Kier alpha value is -1.94. The van der Waals surface area contributed by atoms with Crippen LogP contribution in [0.2, 0.25) is 0 Å². The number of phosphoric ester groups is 2. The lowest BCUT2D eigenvalue weighted by Gasteiger charge is -2.21. The van der Waals surface area contributed by atoms with Gasteiger partial charge < -0.3 is 33.8 Å². The maximum atomic E-state index is 13.1. The smallest absolute Gasteiger partial charge is 0.462 e. The molecule has 6 atom stereocenters. The van der Waals surface area contributed by atoms with Gasteiger partial charge in [0.25, 0.3) is 0 Å². The summed E-state index contributed by atoms with van der Waals surface area (Å²) < 4.78 is 68.7. The highest BCUT2D eigenvalue weighted by Crippen LogP contribution is 2.45. The van der Waals surface area contributed by atoms with Crippen LogP contribution in [0.25, 0.3) is 0 Å². The van der Waals surface area contributed by atoms with Crippen molar-refractivity contribution < 1.29 is 80.2 Å². The van der Waals surface area contributed by atoms with Gasteiger partial charge in [-0.1, -0.05) is 375 Å². The fourth-order valence-electron chi connectivity index (χ4n) is 12.5. The topological polar surface area (TPSA) is 237 Å². The lowest BCUT2D eigenvalue weighted by molar-refractivity contribution is -0.161. The van der Waals surface area contributed by atoms with Crippen molar-refractivity contribution in [1.29, 1.82) is 0 Å². The lowest BCUT2D eigenvalue weighted by Crippen LogP contribution is -2.30. The number of carbonyl (C=O) groups is 4. The average molecular weight is 1470 g/mol. The van der Waals surface area contributed by atoms with Gasteiger partial charge in [0, 0.05) is 25.7 Å². The van der Waals surface area contributed by atoms with Gasteiger partial charge in [0.1, 0.15) is 19.3 Å². The molecule has 0 saturated carbocycles. The van der Waals surface area contributed by atoms with Crippen LogP contribution in [0.1, 0.15) is 427 Å². The molecule has 0 aliphatic heterocycles. The second-order valence-corrected chi connectivity index (χ2v) is 32.8. The van der Waals surface area contributed by atoms with E-state index in [1.807, 2.05) is 0 Å². The van der Waals surface area contributed by atoms with Crippen molar-refractivity contribution in [2.24, 2.45) is 11.8 Å². The number of unbranched alkanes of at least 4 members (excludes halogenated alkanes) is 49. The molecule has 0 aliphatic carbocycles. The molecule has 0 bridgehead atoms. The lowest BCUT2D eigenvalue weighted by atomic mass is 9.99. The van der Waals surface area contributed by atoms with E-state index in [1.165, 1.54) is 238 Å². The van der Waals surface area contributed by atoms with E-state index < -0.39 is 97.5 Å². The summed E-state index contributed by atoms with van der Waals surface area (Å²) in [6.07, 6.45) is 62.6. The van der Waals surface area contributed by atoms with Crippen molar-refractivity contribution in [2.75, 3.05) is 39.6 Å². The Morgan fingerprint density at radius 2 is 0.510 bits per heavy atom. The van der Waals surface area contributed by atoms with Crippen molar-refractivity contribution in [3.05, 3.63) is 0 Å². The Labute approximate surface area is 613 Å². The van der Waals surface area contributed by atoms with E-state index >= 15 is 0 Å². The number of ether oxygens (including phenoxy) is 4. The first-order valence-electron chi connectivity index (χ1n) is 42.0. The zero-order valence-electron chi connectivity index (χ0n) is 65.5. The molecule has 0 amide bonds. The van der Waals surface area contributed by atoms with E-state index in [1.54, 1.807) is 0 Å². The molecule has 100 heavy (non-hydrogen) atoms. The average Bonchev–Trinajstić information content (AvgIpc) is 0.929. The third kappa shape index (κ3) is 73.0. The molecular weight excluding hydrogens is 1310 g/mol. The SMILES string of the molecule is CCCCCCCCCCCCCCCCCCCCCCC(=O)O[C@H](COC(=O)CCCCCCCCCCCCCCCCCCC)COP(=O)(O)OC[C@@H](O)COP(=O)(O)OC[C@@H](COC(=O)CCCCCCCCC(C)C)OC(=O)CCCCCCCCCCCCC(C)CC. The summed E-state index contributed by atoms with van der Waals surface area (Å²) in [4.78, 5) is 73.0. The van der Waals surface area contributed by atoms with Crippen molar-refractivity contribution >= 4 is 39.5 Å². The molecule has 594 valence electrons. The zero-order chi connectivity index (χ0) is 73.5. The minimum Gasteiger partial charge on any atom is -0.462 e. The molecule has 3 N–H and O–H groups in total. The Morgan fingerprint density at radius 3 is 0.760 bits per heavy atom. The molecule has 0 fully saturated rings. The molecule has 19 heteroatoms. The number of carbonyl (C=O) groups excluding carboxylic acids is 4. The van der Waals surface area contributed by atoms with Crippen LogP contribution < -0.4 is 0 Å². The Kier molecular flexibility index (Phi) is 71.2. The Morgan fingerprint density at radius 1 is 0.290 bits per heavy atom. The summed E-state index contributed by atoms with van der Waals surface area (Å²) in [6, 6.07) is 0. The summed E-state index contributed by atoms with van der Waals surface area (Å²) in [5, 5.41) is 10.6. The predicted molar refractivity (Wildman–Crippen MR) is 409 cm³/mol. The van der Waals surface area contributed by atoms with E-state index in [9.17, 15) is 43.2 Å². The summed E-state index contributed by atoms with van der Waals surface area (Å²) in [6.45, 7) is 9.57. The van der Waals surface area contributed by atoms with Gasteiger partial charge in [-0.25, -0.2) is 9.13 Å². The summed E-state index contributed by atoms with van der Waals surface area (Å²) in [7, 11) is -9.92. The molecule has 0 aromatic heterocycles. The monoisotopic (exact) mass is 1470 g/mol. The molecule has 17 nitrogen and oxygen atoms in total. The van der Waals surface area contributed by atoms with Gasteiger partial charge in [0.15, 0.2) is 12.2 Å². The number of rotatable bonds is 80. The fraction of sp³-hybridized carbons (Fsp3) is 0.951. The predicted octanol–water partition coefficient (Wildman–Crippen LogP) is 24.3. The third-order valence-corrected chi connectivity index (χ3v) is 21.2. The molecule has 0 aromatic carbocycles. The molecule has 0 aromatic rings. The minimum atomic E-state index is -4.96. The van der Waals surface area contributed by atoms with Gasteiger partial charge in [-0.15, -0.1) is 0 Å². The van der Waals surface area contributed by atoms with Crippen LogP contribution >= 0.6 is 15.6 Å². The molecular formula is C81H158O17P2. The first-order chi connectivity index (χ1) is 48.4. The van der Waals surface area contributed by atoms with Crippen LogP contribution in [-0.2, 0) is 65.4 Å². The molecule has 0 saturated heterocycles. The van der Waals surface area contributed by atoms with Crippen LogP contribution in [0.5, 0.6) is 0 Å². The largest absolute Gasteiger partial charge is 0.472 e. The van der Waals surface area contributed by atoms with E-state index in [0.29, 0.717) is 31.6 Å². The van der Waals surface area contributed by atoms with Crippen molar-refractivity contribution in [3.63, 3.8) is 0 Å². The molecule has 0 spiro atoms. The number of hydrogen-bond acceptors (Lipinski definition) is 15. The van der Waals surface area contributed by atoms with Gasteiger partial charge in [-0.3, -0.25) is 37.3 Å².